The number of piperidine rings is 1. The molecule has 2 aromatic carbocycles. The molecule has 7 heteroatoms. The van der Waals surface area contributed by atoms with Crippen molar-refractivity contribution in [1.29, 1.82) is 0 Å². The van der Waals surface area contributed by atoms with E-state index in [1.54, 1.807) is 14.2 Å². The number of methoxy groups -OCH3 is 1. The number of carbonyl (C=O) groups is 1. The third kappa shape index (κ3) is 5.15. The van der Waals surface area contributed by atoms with Gasteiger partial charge in [0, 0.05) is 30.1 Å². The van der Waals surface area contributed by atoms with Crippen LogP contribution in [0.4, 0.5) is 4.79 Å². The molecule has 1 saturated heterocycles. The number of carbonyl (C=O) groups excluding carboxylic acids is 1. The van der Waals surface area contributed by atoms with Gasteiger partial charge in [0.15, 0.2) is 0 Å². The first-order valence-corrected chi connectivity index (χ1v) is 11.6. The number of ether oxygens (including phenoxy) is 1. The van der Waals surface area contributed by atoms with Gasteiger partial charge in [-0.25, -0.2) is 4.79 Å². The number of hydrogen-bond donors (Lipinski definition) is 2. The molecule has 3 N–H and O–H groups in total. The van der Waals surface area contributed by atoms with Crippen LogP contribution in [0, 0.1) is 5.92 Å². The lowest BCUT2D eigenvalue weighted by molar-refractivity contribution is 0.107. The first-order chi connectivity index (χ1) is 15.6. The molecule has 4 rings (SSSR count). The molecule has 2 fully saturated rings. The van der Waals surface area contributed by atoms with Gasteiger partial charge in [0.2, 0.25) is 0 Å². The average Bonchev–Trinajstić information content (AvgIpc) is 2.82. The zero-order valence-corrected chi connectivity index (χ0v) is 19.0. The Hall–Kier alpha value is -2.80. The molecule has 1 aliphatic carbocycles. The highest BCUT2D eigenvalue weighted by Gasteiger charge is 2.32. The molecule has 172 valence electrons. The van der Waals surface area contributed by atoms with Gasteiger partial charge in [-0.05, 0) is 74.0 Å². The maximum absolute atomic E-state index is 11.1. The van der Waals surface area contributed by atoms with Crippen LogP contribution in [-0.2, 0) is 4.84 Å². The molecule has 0 aromatic heterocycles. The minimum atomic E-state index is -0.416. The summed E-state index contributed by atoms with van der Waals surface area (Å²) in [6.45, 7) is 2.11. The number of likely N-dealkylation sites (tertiary alicyclic amines) is 1. The Morgan fingerprint density at radius 2 is 1.81 bits per heavy atom. The van der Waals surface area contributed by atoms with Crippen LogP contribution in [0.1, 0.15) is 44.1 Å². The van der Waals surface area contributed by atoms with Crippen molar-refractivity contribution in [2.45, 2.75) is 50.6 Å². The molecule has 0 bridgehead atoms. The second-order valence-corrected chi connectivity index (χ2v) is 8.94. The third-order valence-electron chi connectivity index (χ3n) is 6.93. The molecule has 1 atom stereocenters. The molecular formula is C25H34N4O3. The van der Waals surface area contributed by atoms with Gasteiger partial charge in [-0.1, -0.05) is 23.4 Å². The SMILES string of the molecule is CO/N=C(/c1ccc2cc(OC)ccc2c1)C1CCCN(C2CCC(NC(N)=O)CC2)C1. The summed E-state index contributed by atoms with van der Waals surface area (Å²) in [6.07, 6.45) is 6.41. The lowest BCUT2D eigenvalue weighted by Gasteiger charge is -2.41. The van der Waals surface area contributed by atoms with Crippen molar-refractivity contribution in [2.75, 3.05) is 27.3 Å². The van der Waals surface area contributed by atoms with E-state index < -0.39 is 6.03 Å². The van der Waals surface area contributed by atoms with Crippen LogP contribution in [-0.4, -0.2) is 56.0 Å². The first kappa shape index (κ1) is 22.4. The van der Waals surface area contributed by atoms with Gasteiger partial charge in [0.25, 0.3) is 0 Å². The third-order valence-corrected chi connectivity index (χ3v) is 6.93. The normalized spacial score (nSPS) is 24.8. The summed E-state index contributed by atoms with van der Waals surface area (Å²) in [7, 11) is 3.31. The minimum Gasteiger partial charge on any atom is -0.497 e. The van der Waals surface area contributed by atoms with Crippen LogP contribution in [0.5, 0.6) is 5.75 Å². The molecule has 0 radical (unpaired) electrons. The first-order valence-electron chi connectivity index (χ1n) is 11.6. The zero-order valence-electron chi connectivity index (χ0n) is 19.0. The summed E-state index contributed by atoms with van der Waals surface area (Å²) < 4.78 is 5.35. The van der Waals surface area contributed by atoms with Crippen LogP contribution in [0.3, 0.4) is 0 Å². The zero-order chi connectivity index (χ0) is 22.5. The number of amides is 2. The quantitative estimate of drug-likeness (QED) is 0.529. The Bertz CT molecular complexity index is 969. The number of nitrogens with one attached hydrogen (secondary N) is 1. The molecule has 2 aromatic rings. The van der Waals surface area contributed by atoms with E-state index in [2.05, 4.69) is 45.7 Å². The Labute approximate surface area is 189 Å². The summed E-state index contributed by atoms with van der Waals surface area (Å²) in [5.74, 6) is 1.19. The van der Waals surface area contributed by atoms with E-state index >= 15 is 0 Å². The fourth-order valence-corrected chi connectivity index (χ4v) is 5.32. The van der Waals surface area contributed by atoms with E-state index in [1.807, 2.05) is 6.07 Å². The van der Waals surface area contributed by atoms with E-state index in [1.165, 1.54) is 5.39 Å². The van der Waals surface area contributed by atoms with Crippen LogP contribution >= 0.6 is 0 Å². The highest BCUT2D eigenvalue weighted by Crippen LogP contribution is 2.30. The van der Waals surface area contributed by atoms with Crippen molar-refractivity contribution >= 4 is 22.5 Å². The van der Waals surface area contributed by atoms with E-state index in [4.69, 9.17) is 15.3 Å². The van der Waals surface area contributed by atoms with Gasteiger partial charge in [-0.3, -0.25) is 4.90 Å². The van der Waals surface area contributed by atoms with Crippen molar-refractivity contribution < 1.29 is 14.4 Å². The summed E-state index contributed by atoms with van der Waals surface area (Å²) in [4.78, 5) is 19.1. The number of benzene rings is 2. The van der Waals surface area contributed by atoms with Gasteiger partial charge >= 0.3 is 6.03 Å². The molecule has 32 heavy (non-hydrogen) atoms. The second-order valence-electron chi connectivity index (χ2n) is 8.94. The van der Waals surface area contributed by atoms with E-state index in [0.29, 0.717) is 12.0 Å². The number of oxime groups is 1. The summed E-state index contributed by atoms with van der Waals surface area (Å²) in [6, 6.07) is 13.0. The number of primary amides is 1. The molecule has 2 aliphatic rings. The molecule has 0 spiro atoms. The number of nitrogens with two attached hydrogens (primary N) is 1. The van der Waals surface area contributed by atoms with Gasteiger partial charge in [-0.2, -0.15) is 0 Å². The van der Waals surface area contributed by atoms with Crippen molar-refractivity contribution in [2.24, 2.45) is 16.8 Å². The summed E-state index contributed by atoms with van der Waals surface area (Å²) in [5.41, 5.74) is 7.44. The number of rotatable bonds is 6. The largest absolute Gasteiger partial charge is 0.497 e. The van der Waals surface area contributed by atoms with Gasteiger partial charge in [-0.15, -0.1) is 0 Å². The van der Waals surface area contributed by atoms with Crippen LogP contribution < -0.4 is 15.8 Å². The molecule has 1 saturated carbocycles. The highest BCUT2D eigenvalue weighted by atomic mass is 16.6. The molecular weight excluding hydrogens is 404 g/mol. The Kier molecular flexibility index (Phi) is 7.15. The molecule has 1 aliphatic heterocycles. The van der Waals surface area contributed by atoms with Crippen molar-refractivity contribution in [3.05, 3.63) is 42.0 Å². The Morgan fingerprint density at radius 3 is 2.53 bits per heavy atom. The Balaban J connectivity index is 1.47. The predicted octanol–water partition coefficient (Wildman–Crippen LogP) is 3.89. The summed E-state index contributed by atoms with van der Waals surface area (Å²) >= 11 is 0. The second kappa shape index (κ2) is 10.2. The number of urea groups is 1. The fourth-order valence-electron chi connectivity index (χ4n) is 5.32. The fraction of sp³-hybridized carbons (Fsp3) is 0.520. The lowest BCUT2D eigenvalue weighted by atomic mass is 9.85. The molecule has 1 heterocycles. The predicted molar refractivity (Wildman–Crippen MR) is 127 cm³/mol. The molecule has 7 nitrogen and oxygen atoms in total. The maximum Gasteiger partial charge on any atom is 0.312 e. The van der Waals surface area contributed by atoms with Crippen molar-refractivity contribution in [3.63, 3.8) is 0 Å². The van der Waals surface area contributed by atoms with Gasteiger partial charge < -0.3 is 20.6 Å². The van der Waals surface area contributed by atoms with Crippen molar-refractivity contribution in [1.82, 2.24) is 10.2 Å². The lowest BCUT2D eigenvalue weighted by Crippen LogP contribution is -2.49. The Morgan fingerprint density at radius 1 is 1.06 bits per heavy atom. The van der Waals surface area contributed by atoms with Gasteiger partial charge in [0.1, 0.15) is 12.9 Å². The number of nitrogens with zero attached hydrogens (tertiary/aromatic N) is 2. The standard InChI is InChI=1S/C25H34N4O3/c1-31-23-12-7-17-14-19(6-5-18(17)15-23)24(28-32-2)20-4-3-13-29(16-20)22-10-8-21(9-11-22)27-25(26)30/h5-7,12,14-15,20-22H,3-4,8-11,13,16H2,1-2H3,(H3,26,27,30)/b28-24-. The van der Waals surface area contributed by atoms with Gasteiger partial charge in [0.05, 0.1) is 12.8 Å². The molecule has 2 amide bonds. The smallest absolute Gasteiger partial charge is 0.312 e. The maximum atomic E-state index is 11.1. The van der Waals surface area contributed by atoms with Crippen LogP contribution in [0.25, 0.3) is 10.8 Å². The van der Waals surface area contributed by atoms with E-state index in [0.717, 1.165) is 74.0 Å². The molecule has 1 unspecified atom stereocenters. The van der Waals surface area contributed by atoms with E-state index in [9.17, 15) is 4.79 Å². The number of fused-ring (bicyclic) bond motifs is 1. The van der Waals surface area contributed by atoms with Crippen molar-refractivity contribution in [3.8, 4) is 5.75 Å². The minimum absolute atomic E-state index is 0.214. The summed E-state index contributed by atoms with van der Waals surface area (Å²) in [5, 5.41) is 9.67. The average molecular weight is 439 g/mol. The highest BCUT2D eigenvalue weighted by molar-refractivity contribution is 6.04. The monoisotopic (exact) mass is 438 g/mol. The van der Waals surface area contributed by atoms with Crippen LogP contribution in [0.2, 0.25) is 0 Å². The van der Waals surface area contributed by atoms with Crippen LogP contribution in [0.15, 0.2) is 41.6 Å². The van der Waals surface area contributed by atoms with E-state index in [-0.39, 0.29) is 6.04 Å². The number of hydrogen-bond acceptors (Lipinski definition) is 5. The topological polar surface area (TPSA) is 89.2 Å².